The standard InChI is InChI=1S/C18H14O3/c1-20-17-11-8-13-5-2-3-6-14(13)15(17)9-10-16(19)18-7-4-12-21-18/h2-12H,1H3. The van der Waals surface area contributed by atoms with Crippen LogP contribution in [-0.4, -0.2) is 12.9 Å². The Bertz CT molecular complexity index is 798. The molecule has 21 heavy (non-hydrogen) atoms. The Kier molecular flexibility index (Phi) is 3.56. The maximum absolute atomic E-state index is 12.0. The highest BCUT2D eigenvalue weighted by Crippen LogP contribution is 2.29. The lowest BCUT2D eigenvalue weighted by Gasteiger charge is -2.08. The second-order valence-electron chi connectivity index (χ2n) is 4.58. The van der Waals surface area contributed by atoms with E-state index < -0.39 is 0 Å². The molecule has 0 N–H and O–H groups in total. The number of hydrogen-bond acceptors (Lipinski definition) is 3. The molecule has 0 aliphatic heterocycles. The Labute approximate surface area is 122 Å². The van der Waals surface area contributed by atoms with Crippen molar-refractivity contribution in [3.05, 3.63) is 72.2 Å². The summed E-state index contributed by atoms with van der Waals surface area (Å²) < 4.78 is 10.5. The van der Waals surface area contributed by atoms with Gasteiger partial charge in [0.2, 0.25) is 5.78 Å². The first-order valence-electron chi connectivity index (χ1n) is 6.61. The van der Waals surface area contributed by atoms with E-state index in [1.807, 2.05) is 36.4 Å². The van der Waals surface area contributed by atoms with Gasteiger partial charge in [0, 0.05) is 5.56 Å². The number of hydrogen-bond donors (Lipinski definition) is 0. The Morgan fingerprint density at radius 2 is 1.95 bits per heavy atom. The largest absolute Gasteiger partial charge is 0.496 e. The van der Waals surface area contributed by atoms with Crippen LogP contribution < -0.4 is 4.74 Å². The molecule has 1 aromatic heterocycles. The van der Waals surface area contributed by atoms with Gasteiger partial charge in [-0.2, -0.15) is 0 Å². The van der Waals surface area contributed by atoms with Crippen molar-refractivity contribution >= 4 is 22.6 Å². The third-order valence-electron chi connectivity index (χ3n) is 3.32. The summed E-state index contributed by atoms with van der Waals surface area (Å²) in [4.78, 5) is 12.0. The summed E-state index contributed by atoms with van der Waals surface area (Å²) in [7, 11) is 1.62. The monoisotopic (exact) mass is 278 g/mol. The van der Waals surface area contributed by atoms with Crippen LogP contribution in [0.3, 0.4) is 0 Å². The van der Waals surface area contributed by atoms with Gasteiger partial charge in [-0.05, 0) is 41.1 Å². The van der Waals surface area contributed by atoms with Crippen LogP contribution in [0.1, 0.15) is 16.1 Å². The van der Waals surface area contributed by atoms with Gasteiger partial charge in [0.1, 0.15) is 5.75 Å². The highest BCUT2D eigenvalue weighted by Gasteiger charge is 2.08. The van der Waals surface area contributed by atoms with Gasteiger partial charge < -0.3 is 9.15 Å². The molecule has 0 radical (unpaired) electrons. The summed E-state index contributed by atoms with van der Waals surface area (Å²) in [5.74, 6) is 0.887. The van der Waals surface area contributed by atoms with Crippen LogP contribution in [0.2, 0.25) is 0 Å². The van der Waals surface area contributed by atoms with E-state index in [0.29, 0.717) is 5.76 Å². The number of furan rings is 1. The number of benzene rings is 2. The predicted molar refractivity (Wildman–Crippen MR) is 82.6 cm³/mol. The van der Waals surface area contributed by atoms with Gasteiger partial charge in [0.25, 0.3) is 0 Å². The van der Waals surface area contributed by atoms with Crippen molar-refractivity contribution in [2.75, 3.05) is 7.11 Å². The fraction of sp³-hybridized carbons (Fsp3) is 0.0556. The van der Waals surface area contributed by atoms with Crippen LogP contribution in [0, 0.1) is 0 Å². The minimum Gasteiger partial charge on any atom is -0.496 e. The van der Waals surface area contributed by atoms with E-state index in [2.05, 4.69) is 0 Å². The number of ether oxygens (including phenoxy) is 1. The molecule has 3 aromatic rings. The molecule has 0 unspecified atom stereocenters. The summed E-state index contributed by atoms with van der Waals surface area (Å²) >= 11 is 0. The van der Waals surface area contributed by atoms with Crippen molar-refractivity contribution in [1.82, 2.24) is 0 Å². The van der Waals surface area contributed by atoms with Gasteiger partial charge in [0.15, 0.2) is 5.76 Å². The number of carbonyl (C=O) groups is 1. The fourth-order valence-corrected chi connectivity index (χ4v) is 2.29. The summed E-state index contributed by atoms with van der Waals surface area (Å²) in [6.07, 6.45) is 4.76. The average Bonchev–Trinajstić information content (AvgIpc) is 3.06. The maximum atomic E-state index is 12.0. The number of methoxy groups -OCH3 is 1. The fourth-order valence-electron chi connectivity index (χ4n) is 2.29. The molecule has 0 aliphatic carbocycles. The SMILES string of the molecule is COc1ccc2ccccc2c1C=CC(=O)c1ccco1. The average molecular weight is 278 g/mol. The van der Waals surface area contributed by atoms with Gasteiger partial charge in [-0.25, -0.2) is 0 Å². The quantitative estimate of drug-likeness (QED) is 0.526. The zero-order valence-corrected chi connectivity index (χ0v) is 11.6. The van der Waals surface area contributed by atoms with Crippen LogP contribution in [-0.2, 0) is 0 Å². The normalized spacial score (nSPS) is 11.1. The first-order chi connectivity index (χ1) is 10.3. The number of rotatable bonds is 4. The lowest BCUT2D eigenvalue weighted by molar-refractivity contribution is 0.102. The number of ketones is 1. The third-order valence-corrected chi connectivity index (χ3v) is 3.32. The first kappa shape index (κ1) is 13.2. The molecular weight excluding hydrogens is 264 g/mol. The van der Waals surface area contributed by atoms with Crippen molar-refractivity contribution in [2.45, 2.75) is 0 Å². The molecule has 0 fully saturated rings. The van der Waals surface area contributed by atoms with Crippen molar-refractivity contribution in [1.29, 1.82) is 0 Å². The number of carbonyl (C=O) groups excluding carboxylic acids is 1. The van der Waals surface area contributed by atoms with Crippen LogP contribution in [0.15, 0.2) is 65.3 Å². The van der Waals surface area contributed by atoms with Crippen LogP contribution in [0.5, 0.6) is 5.75 Å². The van der Waals surface area contributed by atoms with Crippen LogP contribution in [0.4, 0.5) is 0 Å². The molecule has 3 nitrogen and oxygen atoms in total. The lowest BCUT2D eigenvalue weighted by Crippen LogP contribution is -1.92. The van der Waals surface area contributed by atoms with Crippen molar-refractivity contribution in [2.24, 2.45) is 0 Å². The minimum atomic E-state index is -0.171. The summed E-state index contributed by atoms with van der Waals surface area (Å²) in [6.45, 7) is 0. The molecule has 0 spiro atoms. The van der Waals surface area contributed by atoms with Crippen molar-refractivity contribution in [3.63, 3.8) is 0 Å². The van der Waals surface area contributed by atoms with E-state index in [0.717, 1.165) is 22.1 Å². The highest BCUT2D eigenvalue weighted by molar-refractivity contribution is 6.06. The van der Waals surface area contributed by atoms with Gasteiger partial charge >= 0.3 is 0 Å². The predicted octanol–water partition coefficient (Wildman–Crippen LogP) is 4.34. The molecule has 0 atom stereocenters. The van der Waals surface area contributed by atoms with Crippen LogP contribution in [0.25, 0.3) is 16.8 Å². The molecule has 2 aromatic carbocycles. The Morgan fingerprint density at radius 1 is 1.10 bits per heavy atom. The molecule has 0 saturated carbocycles. The van der Waals surface area contributed by atoms with E-state index in [9.17, 15) is 4.79 Å². The van der Waals surface area contributed by atoms with Crippen molar-refractivity contribution in [3.8, 4) is 5.75 Å². The van der Waals surface area contributed by atoms with Gasteiger partial charge in [0.05, 0.1) is 13.4 Å². The Morgan fingerprint density at radius 3 is 2.71 bits per heavy atom. The molecule has 1 heterocycles. The number of fused-ring (bicyclic) bond motifs is 1. The lowest BCUT2D eigenvalue weighted by atomic mass is 10.0. The summed E-state index contributed by atoms with van der Waals surface area (Å²) in [6, 6.07) is 15.2. The Balaban J connectivity index is 2.04. The minimum absolute atomic E-state index is 0.171. The topological polar surface area (TPSA) is 39.4 Å². The van der Waals surface area contributed by atoms with Gasteiger partial charge in [-0.15, -0.1) is 0 Å². The first-order valence-corrected chi connectivity index (χ1v) is 6.61. The van der Waals surface area contributed by atoms with E-state index >= 15 is 0 Å². The second-order valence-corrected chi connectivity index (χ2v) is 4.58. The third kappa shape index (κ3) is 2.58. The summed E-state index contributed by atoms with van der Waals surface area (Å²) in [5.41, 5.74) is 0.885. The molecule has 3 heteroatoms. The van der Waals surface area contributed by atoms with E-state index in [-0.39, 0.29) is 5.78 Å². The molecular formula is C18H14O3. The summed E-state index contributed by atoms with van der Waals surface area (Å²) in [5, 5.41) is 2.14. The molecule has 0 amide bonds. The zero-order valence-electron chi connectivity index (χ0n) is 11.6. The maximum Gasteiger partial charge on any atom is 0.221 e. The van der Waals surface area contributed by atoms with Crippen LogP contribution >= 0.6 is 0 Å². The smallest absolute Gasteiger partial charge is 0.221 e. The van der Waals surface area contributed by atoms with Gasteiger partial charge in [-0.3, -0.25) is 4.79 Å². The molecule has 104 valence electrons. The van der Waals surface area contributed by atoms with Crippen molar-refractivity contribution < 1.29 is 13.9 Å². The Hall–Kier alpha value is -2.81. The van der Waals surface area contributed by atoms with E-state index in [1.165, 1.54) is 12.3 Å². The van der Waals surface area contributed by atoms with Gasteiger partial charge in [-0.1, -0.05) is 30.3 Å². The molecule has 0 bridgehead atoms. The van der Waals surface area contributed by atoms with E-state index in [4.69, 9.17) is 9.15 Å². The second kappa shape index (κ2) is 5.67. The zero-order chi connectivity index (χ0) is 14.7. The number of allylic oxidation sites excluding steroid dienone is 1. The van der Waals surface area contributed by atoms with E-state index in [1.54, 1.807) is 25.3 Å². The molecule has 3 rings (SSSR count). The molecule has 0 aliphatic rings. The molecule has 0 saturated heterocycles. The highest BCUT2D eigenvalue weighted by atomic mass is 16.5.